The highest BCUT2D eigenvalue weighted by Crippen LogP contribution is 2.67. The normalized spacial score (nSPS) is 41.2. The first kappa shape index (κ1) is 12.0. The van der Waals surface area contributed by atoms with Crippen LogP contribution in [0, 0.1) is 0 Å². The minimum absolute atomic E-state index is 0.258. The predicted octanol–water partition coefficient (Wildman–Crippen LogP) is 5.23. The summed E-state index contributed by atoms with van der Waals surface area (Å²) in [4.78, 5) is 3.02. The standard InChI is InChI=1S/C12H18S3/c1-7-9(3)13-12(6)8(2)10(4)14-11(7,5)15-12/h1-6H3/t11-,12-/m1/s1. The lowest BCUT2D eigenvalue weighted by molar-refractivity contribution is 0.945. The van der Waals surface area contributed by atoms with Crippen molar-refractivity contribution in [2.45, 2.75) is 49.7 Å². The van der Waals surface area contributed by atoms with Crippen LogP contribution in [0.25, 0.3) is 0 Å². The Labute approximate surface area is 106 Å². The molecule has 0 N–H and O–H groups in total. The van der Waals surface area contributed by atoms with Gasteiger partial charge >= 0.3 is 0 Å². The van der Waals surface area contributed by atoms with E-state index in [0.29, 0.717) is 0 Å². The quantitative estimate of drug-likeness (QED) is 0.583. The topological polar surface area (TPSA) is 0 Å². The first-order valence-corrected chi connectivity index (χ1v) is 7.67. The van der Waals surface area contributed by atoms with Crippen LogP contribution >= 0.6 is 35.3 Å². The summed E-state index contributed by atoms with van der Waals surface area (Å²) in [5.41, 5.74) is 3.10. The van der Waals surface area contributed by atoms with Crippen LogP contribution < -0.4 is 0 Å². The highest BCUT2D eigenvalue weighted by atomic mass is 32.2. The molecule has 0 nitrogen and oxygen atoms in total. The lowest BCUT2D eigenvalue weighted by Gasteiger charge is -2.49. The van der Waals surface area contributed by atoms with Gasteiger partial charge in [0, 0.05) is 0 Å². The Hall–Kier alpha value is 0.530. The first-order chi connectivity index (χ1) is 6.78. The number of rotatable bonds is 0. The van der Waals surface area contributed by atoms with E-state index in [1.165, 1.54) is 9.81 Å². The molecule has 2 atom stereocenters. The van der Waals surface area contributed by atoms with Crippen LogP contribution in [0.2, 0.25) is 0 Å². The summed E-state index contributed by atoms with van der Waals surface area (Å²) in [6, 6.07) is 0. The van der Waals surface area contributed by atoms with Gasteiger partial charge in [-0.25, -0.2) is 0 Å². The second kappa shape index (κ2) is 3.51. The van der Waals surface area contributed by atoms with Crippen molar-refractivity contribution < 1.29 is 0 Å². The van der Waals surface area contributed by atoms with Gasteiger partial charge in [0.15, 0.2) is 0 Å². The second-order valence-electron chi connectivity index (χ2n) is 4.56. The van der Waals surface area contributed by atoms with E-state index >= 15 is 0 Å². The highest BCUT2D eigenvalue weighted by Gasteiger charge is 2.48. The van der Waals surface area contributed by atoms with Crippen LogP contribution in [0.4, 0.5) is 0 Å². The Balaban J connectivity index is 2.57. The van der Waals surface area contributed by atoms with Crippen LogP contribution in [-0.2, 0) is 0 Å². The molecule has 0 spiro atoms. The number of thioether (sulfide) groups is 3. The maximum absolute atomic E-state index is 2.37. The highest BCUT2D eigenvalue weighted by molar-refractivity contribution is 8.29. The predicted molar refractivity (Wildman–Crippen MR) is 76.3 cm³/mol. The van der Waals surface area contributed by atoms with E-state index in [1.807, 2.05) is 23.5 Å². The van der Waals surface area contributed by atoms with Crippen LogP contribution in [0.3, 0.4) is 0 Å². The first-order valence-electron chi connectivity index (χ1n) is 5.22. The second-order valence-corrected chi connectivity index (χ2v) is 10.2. The number of allylic oxidation sites excluding steroid dienone is 2. The van der Waals surface area contributed by atoms with Crippen LogP contribution in [0.15, 0.2) is 21.0 Å². The summed E-state index contributed by atoms with van der Waals surface area (Å²) in [5.74, 6) is 0. The van der Waals surface area contributed by atoms with Crippen molar-refractivity contribution >= 4 is 35.3 Å². The maximum Gasteiger partial charge on any atom is 0.0860 e. The van der Waals surface area contributed by atoms with E-state index in [0.717, 1.165) is 0 Å². The summed E-state index contributed by atoms with van der Waals surface area (Å²) in [6.45, 7) is 13.9. The maximum atomic E-state index is 2.37. The molecule has 0 aromatic heterocycles. The summed E-state index contributed by atoms with van der Waals surface area (Å²) in [5, 5.41) is 0. The fourth-order valence-electron chi connectivity index (χ4n) is 2.10. The molecular weight excluding hydrogens is 240 g/mol. The van der Waals surface area contributed by atoms with Gasteiger partial charge in [0.05, 0.1) is 8.16 Å². The average molecular weight is 258 g/mol. The molecule has 0 unspecified atom stereocenters. The van der Waals surface area contributed by atoms with Gasteiger partial charge in [-0.1, -0.05) is 0 Å². The van der Waals surface area contributed by atoms with Crippen molar-refractivity contribution in [1.29, 1.82) is 0 Å². The molecule has 2 aliphatic rings. The fourth-order valence-corrected chi connectivity index (χ4v) is 8.45. The largest absolute Gasteiger partial charge is 0.117 e. The Morgan fingerprint density at radius 1 is 0.733 bits per heavy atom. The zero-order chi connectivity index (χ0) is 11.4. The third-order valence-corrected chi connectivity index (χ3v) is 8.51. The molecule has 2 heterocycles. The lowest BCUT2D eigenvalue weighted by atomic mass is 10.2. The van der Waals surface area contributed by atoms with Gasteiger partial charge in [-0.2, -0.15) is 0 Å². The van der Waals surface area contributed by atoms with E-state index in [9.17, 15) is 0 Å². The summed E-state index contributed by atoms with van der Waals surface area (Å²) < 4.78 is 0.515. The smallest absolute Gasteiger partial charge is 0.0860 e. The molecule has 84 valence electrons. The number of hydrogen-bond acceptors (Lipinski definition) is 3. The molecule has 0 aromatic carbocycles. The molecule has 2 rings (SSSR count). The number of hydrogen-bond donors (Lipinski definition) is 0. The van der Waals surface area contributed by atoms with E-state index in [1.54, 1.807) is 11.1 Å². The summed E-state index contributed by atoms with van der Waals surface area (Å²) in [6.07, 6.45) is 0. The summed E-state index contributed by atoms with van der Waals surface area (Å²) in [7, 11) is 0. The van der Waals surface area contributed by atoms with Gasteiger partial charge in [-0.15, -0.1) is 35.3 Å². The minimum Gasteiger partial charge on any atom is -0.117 e. The number of fused-ring (bicyclic) bond motifs is 2. The van der Waals surface area contributed by atoms with Gasteiger partial charge in [-0.3, -0.25) is 0 Å². The zero-order valence-corrected chi connectivity index (χ0v) is 12.7. The van der Waals surface area contributed by atoms with Gasteiger partial charge in [0.1, 0.15) is 0 Å². The Morgan fingerprint density at radius 3 is 1.40 bits per heavy atom. The van der Waals surface area contributed by atoms with E-state index in [-0.39, 0.29) is 8.16 Å². The van der Waals surface area contributed by atoms with Gasteiger partial charge in [-0.05, 0) is 62.5 Å². The Morgan fingerprint density at radius 2 is 1.07 bits per heavy atom. The molecule has 3 heteroatoms. The molecule has 0 fully saturated rings. The van der Waals surface area contributed by atoms with E-state index in [2.05, 4.69) is 53.3 Å². The lowest BCUT2D eigenvalue weighted by Crippen LogP contribution is -2.36. The molecule has 0 aliphatic carbocycles. The Bertz CT molecular complexity index is 344. The molecule has 0 saturated heterocycles. The average Bonchev–Trinajstić information content (AvgIpc) is 2.11. The van der Waals surface area contributed by atoms with Gasteiger partial charge in [0.2, 0.25) is 0 Å². The monoisotopic (exact) mass is 258 g/mol. The third-order valence-electron chi connectivity index (χ3n) is 3.50. The molecule has 0 aromatic rings. The fraction of sp³-hybridized carbons (Fsp3) is 0.667. The minimum atomic E-state index is 0.258. The van der Waals surface area contributed by atoms with Crippen molar-refractivity contribution in [2.75, 3.05) is 0 Å². The molecule has 2 aliphatic heterocycles. The molecular formula is C12H18S3. The van der Waals surface area contributed by atoms with Crippen LogP contribution in [-0.4, -0.2) is 8.16 Å². The van der Waals surface area contributed by atoms with Crippen molar-refractivity contribution in [3.8, 4) is 0 Å². The molecule has 0 radical (unpaired) electrons. The van der Waals surface area contributed by atoms with Crippen LogP contribution in [0.5, 0.6) is 0 Å². The molecule has 15 heavy (non-hydrogen) atoms. The van der Waals surface area contributed by atoms with Crippen molar-refractivity contribution in [3.05, 3.63) is 21.0 Å². The van der Waals surface area contributed by atoms with Gasteiger partial charge < -0.3 is 0 Å². The van der Waals surface area contributed by atoms with E-state index in [4.69, 9.17) is 0 Å². The third kappa shape index (κ3) is 1.71. The molecule has 0 amide bonds. The Kier molecular flexibility index (Phi) is 2.81. The molecule has 0 saturated carbocycles. The SMILES string of the molecule is CC1=C(C)[C@]2(C)SC(C)=C(C)[C@](C)(S1)S2. The van der Waals surface area contributed by atoms with Crippen molar-refractivity contribution in [2.24, 2.45) is 0 Å². The van der Waals surface area contributed by atoms with Gasteiger partial charge in [0.25, 0.3) is 0 Å². The molecule has 2 bridgehead atoms. The van der Waals surface area contributed by atoms with E-state index < -0.39 is 0 Å². The zero-order valence-electron chi connectivity index (χ0n) is 10.2. The summed E-state index contributed by atoms with van der Waals surface area (Å²) >= 11 is 6.18. The van der Waals surface area contributed by atoms with Crippen molar-refractivity contribution in [3.63, 3.8) is 0 Å². The van der Waals surface area contributed by atoms with Crippen LogP contribution in [0.1, 0.15) is 41.5 Å². The van der Waals surface area contributed by atoms with Crippen molar-refractivity contribution in [1.82, 2.24) is 0 Å².